The van der Waals surface area contributed by atoms with Crippen LogP contribution in [0.1, 0.15) is 55.7 Å². The average molecular weight is 468 g/mol. The zero-order chi connectivity index (χ0) is 24.9. The summed E-state index contributed by atoms with van der Waals surface area (Å²) in [6.07, 6.45) is -0.0137. The average Bonchev–Trinajstić information content (AvgIpc) is 2.77. The molecule has 3 aromatic rings. The second-order valence-electron chi connectivity index (χ2n) is 9.91. The van der Waals surface area contributed by atoms with Gasteiger partial charge in [-0.25, -0.2) is 9.18 Å². The predicted octanol–water partition coefficient (Wildman–Crippen LogP) is 5.23. The first-order valence-electron chi connectivity index (χ1n) is 11.4. The highest BCUT2D eigenvalue weighted by atomic mass is 19.1. The molecule has 2 aromatic carbocycles. The van der Waals surface area contributed by atoms with Crippen molar-refractivity contribution in [2.24, 2.45) is 7.05 Å². The molecule has 2 heterocycles. The van der Waals surface area contributed by atoms with E-state index in [0.29, 0.717) is 34.9 Å². The van der Waals surface area contributed by atoms with Crippen molar-refractivity contribution in [1.29, 1.82) is 0 Å². The second-order valence-corrected chi connectivity index (χ2v) is 9.91. The van der Waals surface area contributed by atoms with Crippen molar-refractivity contribution >= 4 is 16.7 Å². The third-order valence-electron chi connectivity index (χ3n) is 6.25. The van der Waals surface area contributed by atoms with Crippen LogP contribution in [0.15, 0.2) is 29.1 Å². The molecule has 6 nitrogen and oxygen atoms in total. The van der Waals surface area contributed by atoms with Crippen LogP contribution in [0.5, 0.6) is 5.75 Å². The lowest BCUT2D eigenvalue weighted by Gasteiger charge is -2.29. The Labute approximate surface area is 197 Å². The Morgan fingerprint density at radius 1 is 1.21 bits per heavy atom. The van der Waals surface area contributed by atoms with Gasteiger partial charge in [-0.3, -0.25) is 4.79 Å². The largest absolute Gasteiger partial charge is 0.490 e. The standard InChI is InChI=1S/C27H30FNO5/c1-14-9-10-17-19(12-14)25(30)29(6)22(24(26(31)32)34-27(3,4)5)21(17)18-13-20(28)23-16(15(18)2)8-7-11-33-23/h9-10,12-13,24H,7-8,11H2,1-6H3,(H,31,32)/t24-/m0/s1. The van der Waals surface area contributed by atoms with Gasteiger partial charge in [-0.1, -0.05) is 17.7 Å². The number of fused-ring (bicyclic) bond motifs is 2. The summed E-state index contributed by atoms with van der Waals surface area (Å²) in [5.41, 5.74) is 2.53. The van der Waals surface area contributed by atoms with Gasteiger partial charge in [0.05, 0.1) is 17.9 Å². The van der Waals surface area contributed by atoms with Gasteiger partial charge in [0, 0.05) is 23.6 Å². The molecule has 1 aliphatic rings. The van der Waals surface area contributed by atoms with E-state index in [-0.39, 0.29) is 17.0 Å². The highest BCUT2D eigenvalue weighted by molar-refractivity contribution is 6.00. The molecule has 0 saturated heterocycles. The lowest BCUT2D eigenvalue weighted by atomic mass is 9.87. The molecule has 0 amide bonds. The number of aliphatic carboxylic acids is 1. The minimum atomic E-state index is -1.44. The fourth-order valence-electron chi connectivity index (χ4n) is 4.73. The van der Waals surface area contributed by atoms with Crippen molar-refractivity contribution < 1.29 is 23.8 Å². The van der Waals surface area contributed by atoms with E-state index in [1.54, 1.807) is 32.9 Å². The first-order valence-corrected chi connectivity index (χ1v) is 11.4. The summed E-state index contributed by atoms with van der Waals surface area (Å²) in [7, 11) is 1.54. The number of rotatable bonds is 4. The van der Waals surface area contributed by atoms with Crippen LogP contribution >= 0.6 is 0 Å². The van der Waals surface area contributed by atoms with E-state index in [0.717, 1.165) is 23.1 Å². The van der Waals surface area contributed by atoms with E-state index < -0.39 is 23.5 Å². The Kier molecular flexibility index (Phi) is 6.02. The van der Waals surface area contributed by atoms with Crippen LogP contribution < -0.4 is 10.3 Å². The van der Waals surface area contributed by atoms with Gasteiger partial charge in [0.25, 0.3) is 5.56 Å². The molecule has 7 heteroatoms. The summed E-state index contributed by atoms with van der Waals surface area (Å²) in [5.74, 6) is -1.48. The summed E-state index contributed by atoms with van der Waals surface area (Å²) >= 11 is 0. The third kappa shape index (κ3) is 4.09. The van der Waals surface area contributed by atoms with Crippen LogP contribution in [0, 0.1) is 19.7 Å². The number of carbonyl (C=O) groups is 1. The van der Waals surface area contributed by atoms with Gasteiger partial charge >= 0.3 is 5.97 Å². The van der Waals surface area contributed by atoms with Crippen molar-refractivity contribution in [3.05, 3.63) is 62.8 Å². The summed E-state index contributed by atoms with van der Waals surface area (Å²) in [4.78, 5) is 25.8. The van der Waals surface area contributed by atoms with Gasteiger partial charge in [-0.15, -0.1) is 0 Å². The highest BCUT2D eigenvalue weighted by Gasteiger charge is 2.34. The van der Waals surface area contributed by atoms with Crippen LogP contribution in [0.4, 0.5) is 4.39 Å². The number of hydrogen-bond acceptors (Lipinski definition) is 4. The van der Waals surface area contributed by atoms with Crippen LogP contribution in [0.2, 0.25) is 0 Å². The Hall–Kier alpha value is -3.19. The lowest BCUT2D eigenvalue weighted by Crippen LogP contribution is -2.33. The smallest absolute Gasteiger partial charge is 0.339 e. The van der Waals surface area contributed by atoms with E-state index >= 15 is 4.39 Å². The van der Waals surface area contributed by atoms with Crippen LogP contribution in [-0.2, 0) is 23.0 Å². The van der Waals surface area contributed by atoms with Gasteiger partial charge in [0.15, 0.2) is 17.7 Å². The molecule has 0 saturated carbocycles. The summed E-state index contributed by atoms with van der Waals surface area (Å²) in [6.45, 7) is 9.50. The maximum atomic E-state index is 15.3. The van der Waals surface area contributed by atoms with E-state index in [4.69, 9.17) is 9.47 Å². The van der Waals surface area contributed by atoms with Crippen molar-refractivity contribution in [3.63, 3.8) is 0 Å². The van der Waals surface area contributed by atoms with Crippen molar-refractivity contribution in [2.75, 3.05) is 6.61 Å². The maximum absolute atomic E-state index is 15.3. The van der Waals surface area contributed by atoms with Crippen molar-refractivity contribution in [1.82, 2.24) is 4.57 Å². The topological polar surface area (TPSA) is 77.8 Å². The van der Waals surface area contributed by atoms with E-state index in [2.05, 4.69) is 0 Å². The number of pyridine rings is 1. The summed E-state index contributed by atoms with van der Waals surface area (Å²) in [6, 6.07) is 6.83. The number of ether oxygens (including phenoxy) is 2. The molecule has 180 valence electrons. The number of halogens is 1. The Morgan fingerprint density at radius 3 is 2.56 bits per heavy atom. The Bertz CT molecular complexity index is 1370. The van der Waals surface area contributed by atoms with E-state index in [1.165, 1.54) is 17.7 Å². The zero-order valence-electron chi connectivity index (χ0n) is 20.4. The molecule has 0 aliphatic carbocycles. The van der Waals surface area contributed by atoms with Crippen LogP contribution in [-0.4, -0.2) is 27.9 Å². The number of carboxylic acids is 1. The predicted molar refractivity (Wildman–Crippen MR) is 129 cm³/mol. The van der Waals surface area contributed by atoms with Gasteiger partial charge in [-0.2, -0.15) is 0 Å². The molecule has 0 unspecified atom stereocenters. The number of aryl methyl sites for hydroxylation is 1. The first-order chi connectivity index (χ1) is 15.9. The number of nitrogens with zero attached hydrogens (tertiary/aromatic N) is 1. The molecule has 1 aromatic heterocycles. The molecule has 34 heavy (non-hydrogen) atoms. The fraction of sp³-hybridized carbons (Fsp3) is 0.407. The molecule has 1 N–H and O–H groups in total. The fourth-order valence-corrected chi connectivity index (χ4v) is 4.73. The third-order valence-corrected chi connectivity index (χ3v) is 6.25. The quantitative estimate of drug-likeness (QED) is 0.569. The summed E-state index contributed by atoms with van der Waals surface area (Å²) in [5, 5.41) is 11.2. The number of benzene rings is 2. The monoisotopic (exact) mass is 467 g/mol. The number of aromatic nitrogens is 1. The van der Waals surface area contributed by atoms with E-state index in [1.807, 2.05) is 19.9 Å². The molecule has 1 atom stereocenters. The molecule has 0 radical (unpaired) electrons. The number of hydrogen-bond donors (Lipinski definition) is 1. The molecular weight excluding hydrogens is 437 g/mol. The molecular formula is C27H30FNO5. The van der Waals surface area contributed by atoms with Crippen molar-refractivity contribution in [2.45, 2.75) is 59.2 Å². The Balaban J connectivity index is 2.18. The van der Waals surface area contributed by atoms with Gasteiger partial charge < -0.3 is 19.1 Å². The SMILES string of the molecule is Cc1ccc2c(-c3cc(F)c4c(c3C)CCCO4)c([C@H](OC(C)(C)C)C(=O)O)n(C)c(=O)c2c1. The van der Waals surface area contributed by atoms with Gasteiger partial charge in [0.1, 0.15) is 0 Å². The second kappa shape index (κ2) is 8.55. The normalized spacial score (nSPS) is 14.6. The lowest BCUT2D eigenvalue weighted by molar-refractivity contribution is -0.161. The molecule has 0 fully saturated rings. The van der Waals surface area contributed by atoms with Gasteiger partial charge in [0.2, 0.25) is 0 Å². The first kappa shape index (κ1) is 24.0. The Morgan fingerprint density at radius 2 is 1.91 bits per heavy atom. The summed E-state index contributed by atoms with van der Waals surface area (Å²) < 4.78 is 28.2. The molecule has 1 aliphatic heterocycles. The van der Waals surface area contributed by atoms with Crippen LogP contribution in [0.25, 0.3) is 21.9 Å². The molecule has 4 rings (SSSR count). The molecule has 0 spiro atoms. The maximum Gasteiger partial charge on any atom is 0.339 e. The van der Waals surface area contributed by atoms with Crippen molar-refractivity contribution in [3.8, 4) is 16.9 Å². The highest BCUT2D eigenvalue weighted by Crippen LogP contribution is 2.42. The minimum Gasteiger partial charge on any atom is -0.490 e. The minimum absolute atomic E-state index is 0.183. The molecule has 0 bridgehead atoms. The number of carboxylic acid groups (broad SMARTS) is 1. The van der Waals surface area contributed by atoms with Gasteiger partial charge in [-0.05, 0) is 76.1 Å². The van der Waals surface area contributed by atoms with E-state index in [9.17, 15) is 14.7 Å². The van der Waals surface area contributed by atoms with Crippen LogP contribution in [0.3, 0.4) is 0 Å². The zero-order valence-corrected chi connectivity index (χ0v) is 20.4.